The number of halogens is 3. The molecule has 16 heavy (non-hydrogen) atoms. The van der Waals surface area contributed by atoms with Crippen LogP contribution in [-0.2, 0) is 6.42 Å². The molecule has 1 unspecified atom stereocenters. The van der Waals surface area contributed by atoms with E-state index in [9.17, 15) is 4.39 Å². The predicted octanol–water partition coefficient (Wildman–Crippen LogP) is 4.83. The molecular formula is C13H15BrClF. The van der Waals surface area contributed by atoms with Crippen LogP contribution < -0.4 is 0 Å². The molecular weight excluding hydrogens is 290 g/mol. The maximum Gasteiger partial charge on any atom is 0.127 e. The molecule has 2 rings (SSSR count). The minimum Gasteiger partial charge on any atom is -0.207 e. The Bertz CT molecular complexity index is 369. The zero-order valence-electron chi connectivity index (χ0n) is 9.27. The van der Waals surface area contributed by atoms with Crippen molar-refractivity contribution in [2.45, 2.75) is 26.2 Å². The summed E-state index contributed by atoms with van der Waals surface area (Å²) in [5.74, 6) is 0.530. The Morgan fingerprint density at radius 3 is 2.69 bits per heavy atom. The second kappa shape index (κ2) is 4.66. The number of hydrogen-bond donors (Lipinski definition) is 0. The molecule has 0 bridgehead atoms. The summed E-state index contributed by atoms with van der Waals surface area (Å²) in [7, 11) is 0. The first kappa shape index (κ1) is 12.4. The van der Waals surface area contributed by atoms with Crippen molar-refractivity contribution in [2.24, 2.45) is 11.3 Å². The summed E-state index contributed by atoms with van der Waals surface area (Å²) in [5.41, 5.74) is 0.796. The largest absolute Gasteiger partial charge is 0.207 e. The lowest BCUT2D eigenvalue weighted by Gasteiger charge is -2.28. The molecule has 0 N–H and O–H groups in total. The van der Waals surface area contributed by atoms with Crippen LogP contribution >= 0.6 is 27.5 Å². The first-order valence-electron chi connectivity index (χ1n) is 5.56. The monoisotopic (exact) mass is 304 g/mol. The molecule has 88 valence electrons. The van der Waals surface area contributed by atoms with E-state index in [2.05, 4.69) is 22.9 Å². The Kier molecular flexibility index (Phi) is 3.60. The zero-order valence-corrected chi connectivity index (χ0v) is 11.6. The second-order valence-electron chi connectivity index (χ2n) is 4.94. The van der Waals surface area contributed by atoms with Crippen molar-refractivity contribution in [1.82, 2.24) is 0 Å². The summed E-state index contributed by atoms with van der Waals surface area (Å²) in [6, 6.07) is 4.91. The van der Waals surface area contributed by atoms with Gasteiger partial charge in [0.1, 0.15) is 5.82 Å². The summed E-state index contributed by atoms with van der Waals surface area (Å²) in [6.07, 6.45) is 3.23. The predicted molar refractivity (Wildman–Crippen MR) is 69.7 cm³/mol. The van der Waals surface area contributed by atoms with Gasteiger partial charge in [0, 0.05) is 15.9 Å². The second-order valence-corrected chi connectivity index (χ2v) is 5.91. The van der Waals surface area contributed by atoms with Gasteiger partial charge in [0.2, 0.25) is 0 Å². The van der Waals surface area contributed by atoms with Crippen LogP contribution in [0.2, 0.25) is 5.02 Å². The van der Waals surface area contributed by atoms with Crippen LogP contribution in [0.25, 0.3) is 0 Å². The van der Waals surface area contributed by atoms with Gasteiger partial charge >= 0.3 is 0 Å². The topological polar surface area (TPSA) is 0 Å². The molecule has 3 heteroatoms. The molecule has 0 saturated heterocycles. The minimum absolute atomic E-state index is 0.131. The SMILES string of the molecule is CC(CBr)(Cc1c(F)cccc1Cl)C1CC1. The molecule has 0 aromatic heterocycles. The van der Waals surface area contributed by atoms with Crippen molar-refractivity contribution in [3.63, 3.8) is 0 Å². The standard InChI is InChI=1S/C13H15BrClF/c1-13(8-14,9-5-6-9)7-10-11(15)3-2-4-12(10)16/h2-4,9H,5-8H2,1H3. The van der Waals surface area contributed by atoms with E-state index in [1.165, 1.54) is 18.9 Å². The molecule has 0 radical (unpaired) electrons. The van der Waals surface area contributed by atoms with Gasteiger partial charge in [0.15, 0.2) is 0 Å². The van der Waals surface area contributed by atoms with Crippen LogP contribution in [0.4, 0.5) is 4.39 Å². The Balaban J connectivity index is 2.25. The molecule has 1 aromatic rings. The average molecular weight is 306 g/mol. The summed E-state index contributed by atoms with van der Waals surface area (Å²) in [6.45, 7) is 2.21. The molecule has 0 nitrogen and oxygen atoms in total. The fourth-order valence-electron chi connectivity index (χ4n) is 2.19. The molecule has 1 aromatic carbocycles. The summed E-state index contributed by atoms with van der Waals surface area (Å²) in [5, 5.41) is 1.45. The lowest BCUT2D eigenvalue weighted by molar-refractivity contribution is 0.314. The van der Waals surface area contributed by atoms with E-state index in [-0.39, 0.29) is 11.2 Å². The van der Waals surface area contributed by atoms with Gasteiger partial charge in [0.25, 0.3) is 0 Å². The molecule has 0 spiro atoms. The smallest absolute Gasteiger partial charge is 0.127 e. The molecule has 1 saturated carbocycles. The van der Waals surface area contributed by atoms with Crippen molar-refractivity contribution in [1.29, 1.82) is 0 Å². The third kappa shape index (κ3) is 2.43. The lowest BCUT2D eigenvalue weighted by Crippen LogP contribution is -2.24. The highest BCUT2D eigenvalue weighted by Crippen LogP contribution is 2.49. The van der Waals surface area contributed by atoms with E-state index < -0.39 is 0 Å². The number of alkyl halides is 1. The van der Waals surface area contributed by atoms with E-state index in [0.717, 1.165) is 5.33 Å². The van der Waals surface area contributed by atoms with Gasteiger partial charge < -0.3 is 0 Å². The van der Waals surface area contributed by atoms with E-state index in [4.69, 9.17) is 11.6 Å². The molecule has 1 aliphatic carbocycles. The highest BCUT2D eigenvalue weighted by molar-refractivity contribution is 9.09. The van der Waals surface area contributed by atoms with Gasteiger partial charge in [0.05, 0.1) is 0 Å². The van der Waals surface area contributed by atoms with E-state index in [1.807, 2.05) is 0 Å². The van der Waals surface area contributed by atoms with Gasteiger partial charge in [-0.05, 0) is 42.7 Å². The van der Waals surface area contributed by atoms with Gasteiger partial charge in [-0.1, -0.05) is 40.5 Å². The molecule has 1 atom stereocenters. The molecule has 0 heterocycles. The summed E-state index contributed by atoms with van der Waals surface area (Å²) in [4.78, 5) is 0. The number of benzene rings is 1. The van der Waals surface area contributed by atoms with Gasteiger partial charge in [-0.15, -0.1) is 0 Å². The Hall–Kier alpha value is -0.0800. The van der Waals surface area contributed by atoms with Gasteiger partial charge in [-0.25, -0.2) is 4.39 Å². The fourth-order valence-corrected chi connectivity index (χ4v) is 3.07. The van der Waals surface area contributed by atoms with Gasteiger partial charge in [-0.3, -0.25) is 0 Å². The van der Waals surface area contributed by atoms with E-state index >= 15 is 0 Å². The van der Waals surface area contributed by atoms with Crippen LogP contribution in [0, 0.1) is 17.2 Å². The van der Waals surface area contributed by atoms with Crippen LogP contribution in [0.15, 0.2) is 18.2 Å². The average Bonchev–Trinajstić information content (AvgIpc) is 3.07. The van der Waals surface area contributed by atoms with Crippen LogP contribution in [0.3, 0.4) is 0 Å². The quantitative estimate of drug-likeness (QED) is 0.699. The highest BCUT2D eigenvalue weighted by atomic mass is 79.9. The normalized spacial score (nSPS) is 19.5. The zero-order chi connectivity index (χ0) is 11.8. The number of hydrogen-bond acceptors (Lipinski definition) is 0. The van der Waals surface area contributed by atoms with Gasteiger partial charge in [-0.2, -0.15) is 0 Å². The Morgan fingerprint density at radius 1 is 1.50 bits per heavy atom. The molecule has 0 amide bonds. The van der Waals surface area contributed by atoms with Crippen molar-refractivity contribution in [3.05, 3.63) is 34.6 Å². The van der Waals surface area contributed by atoms with Crippen molar-refractivity contribution in [3.8, 4) is 0 Å². The van der Waals surface area contributed by atoms with Crippen LogP contribution in [-0.4, -0.2) is 5.33 Å². The van der Waals surface area contributed by atoms with E-state index in [0.29, 0.717) is 22.9 Å². The molecule has 0 aliphatic heterocycles. The third-order valence-corrected chi connectivity index (χ3v) is 5.15. The highest BCUT2D eigenvalue weighted by Gasteiger charge is 2.41. The lowest BCUT2D eigenvalue weighted by atomic mass is 9.81. The third-order valence-electron chi connectivity index (χ3n) is 3.51. The summed E-state index contributed by atoms with van der Waals surface area (Å²) >= 11 is 9.62. The van der Waals surface area contributed by atoms with Crippen LogP contribution in [0.5, 0.6) is 0 Å². The van der Waals surface area contributed by atoms with Crippen LogP contribution in [0.1, 0.15) is 25.3 Å². The van der Waals surface area contributed by atoms with E-state index in [1.54, 1.807) is 12.1 Å². The maximum absolute atomic E-state index is 13.7. The number of rotatable bonds is 4. The summed E-state index contributed by atoms with van der Waals surface area (Å²) < 4.78 is 13.7. The Labute approximate surface area is 109 Å². The van der Waals surface area contributed by atoms with Crippen molar-refractivity contribution >= 4 is 27.5 Å². The maximum atomic E-state index is 13.7. The van der Waals surface area contributed by atoms with Crippen molar-refractivity contribution < 1.29 is 4.39 Å². The van der Waals surface area contributed by atoms with Crippen molar-refractivity contribution in [2.75, 3.05) is 5.33 Å². The molecule has 1 fully saturated rings. The first-order chi connectivity index (χ1) is 7.57. The fraction of sp³-hybridized carbons (Fsp3) is 0.538. The first-order valence-corrected chi connectivity index (χ1v) is 7.05. The minimum atomic E-state index is -0.180. The Morgan fingerprint density at radius 2 is 2.19 bits per heavy atom. The molecule has 1 aliphatic rings.